The first-order chi connectivity index (χ1) is 15.2. The second kappa shape index (κ2) is 7.56. The molecular formula is C22H13BrF3N3O2S. The minimum Gasteiger partial charge on any atom is -0.329 e. The molecule has 0 aliphatic carbocycles. The van der Waals surface area contributed by atoms with E-state index in [1.54, 1.807) is 48.5 Å². The second-order valence-electron chi connectivity index (χ2n) is 7.28. The maximum atomic E-state index is 13.3. The number of thiazole rings is 1. The molecular weight excluding hydrogens is 507 g/mol. The molecule has 1 aliphatic rings. The van der Waals surface area contributed by atoms with Gasteiger partial charge in [-0.15, -0.1) is 11.3 Å². The van der Waals surface area contributed by atoms with Crippen molar-refractivity contribution in [3.8, 4) is 10.7 Å². The van der Waals surface area contributed by atoms with E-state index in [0.717, 1.165) is 16.2 Å². The van der Waals surface area contributed by atoms with Crippen molar-refractivity contribution >= 4 is 50.0 Å². The van der Waals surface area contributed by atoms with E-state index in [0.29, 0.717) is 42.1 Å². The topological polar surface area (TPSA) is 55.2 Å². The van der Waals surface area contributed by atoms with Crippen molar-refractivity contribution < 1.29 is 22.8 Å². The summed E-state index contributed by atoms with van der Waals surface area (Å²) in [6.07, 6.45) is -2.92. The fourth-order valence-electron chi connectivity index (χ4n) is 3.81. The lowest BCUT2D eigenvalue weighted by atomic mass is 10.1. The van der Waals surface area contributed by atoms with Gasteiger partial charge in [0, 0.05) is 20.9 Å². The van der Waals surface area contributed by atoms with Gasteiger partial charge in [-0.2, -0.15) is 13.2 Å². The molecule has 0 N–H and O–H groups in total. The molecule has 0 saturated carbocycles. The van der Waals surface area contributed by atoms with Crippen molar-refractivity contribution in [3.05, 3.63) is 75.2 Å². The van der Waals surface area contributed by atoms with E-state index in [-0.39, 0.29) is 6.54 Å². The van der Waals surface area contributed by atoms with Gasteiger partial charge in [0.15, 0.2) is 0 Å². The normalized spacial score (nSPS) is 13.9. The van der Waals surface area contributed by atoms with Gasteiger partial charge in [0.05, 0.1) is 28.9 Å². The molecule has 2 aromatic carbocycles. The summed E-state index contributed by atoms with van der Waals surface area (Å²) in [5.41, 5.74) is 1.45. The molecule has 0 saturated heterocycles. The molecule has 2 amide bonds. The maximum absolute atomic E-state index is 13.3. The lowest BCUT2D eigenvalue weighted by molar-refractivity contribution is -0.139. The van der Waals surface area contributed by atoms with Crippen LogP contribution in [0.4, 0.5) is 13.2 Å². The number of rotatable bonds is 4. The van der Waals surface area contributed by atoms with E-state index < -0.39 is 24.5 Å². The van der Waals surface area contributed by atoms with E-state index in [2.05, 4.69) is 20.9 Å². The SMILES string of the molecule is O=C1c2ccccc2C(=O)N1Cc1cnc(-c2cc3c(Br)cccc3n2CC(F)(F)F)s1. The van der Waals surface area contributed by atoms with Gasteiger partial charge in [0.1, 0.15) is 11.6 Å². The summed E-state index contributed by atoms with van der Waals surface area (Å²) in [7, 11) is 0. The van der Waals surface area contributed by atoms with Crippen LogP contribution in [0.5, 0.6) is 0 Å². The van der Waals surface area contributed by atoms with E-state index in [9.17, 15) is 22.8 Å². The third-order valence-corrected chi connectivity index (χ3v) is 6.89. The molecule has 4 aromatic rings. The van der Waals surface area contributed by atoms with Crippen LogP contribution in [0.1, 0.15) is 25.6 Å². The molecule has 0 spiro atoms. The van der Waals surface area contributed by atoms with Crippen molar-refractivity contribution in [3.63, 3.8) is 0 Å². The highest BCUT2D eigenvalue weighted by Gasteiger charge is 2.35. The van der Waals surface area contributed by atoms with Crippen LogP contribution >= 0.6 is 27.3 Å². The molecule has 162 valence electrons. The van der Waals surface area contributed by atoms with Crippen LogP contribution in [0.25, 0.3) is 21.6 Å². The zero-order chi connectivity index (χ0) is 22.6. The van der Waals surface area contributed by atoms with Crippen LogP contribution in [-0.4, -0.2) is 32.4 Å². The molecule has 0 radical (unpaired) electrons. The zero-order valence-corrected chi connectivity index (χ0v) is 18.6. The summed E-state index contributed by atoms with van der Waals surface area (Å²) in [4.78, 5) is 31.3. The Kier molecular flexibility index (Phi) is 4.94. The summed E-state index contributed by atoms with van der Waals surface area (Å²) in [5, 5.41) is 1.02. The van der Waals surface area contributed by atoms with Gasteiger partial charge in [0.2, 0.25) is 0 Å². The van der Waals surface area contributed by atoms with Gasteiger partial charge in [-0.3, -0.25) is 14.5 Å². The molecule has 0 atom stereocenters. The predicted molar refractivity (Wildman–Crippen MR) is 117 cm³/mol. The summed E-state index contributed by atoms with van der Waals surface area (Å²) < 4.78 is 41.8. The number of carbonyl (C=O) groups excluding carboxylic acids is 2. The minimum absolute atomic E-state index is 0.00715. The zero-order valence-electron chi connectivity index (χ0n) is 16.2. The highest BCUT2D eigenvalue weighted by Crippen LogP contribution is 2.37. The minimum atomic E-state index is -4.41. The maximum Gasteiger partial charge on any atom is 0.406 e. The fourth-order valence-corrected chi connectivity index (χ4v) is 5.21. The third-order valence-electron chi connectivity index (χ3n) is 5.19. The lowest BCUT2D eigenvalue weighted by Crippen LogP contribution is -2.28. The number of aromatic nitrogens is 2. The van der Waals surface area contributed by atoms with Crippen LogP contribution < -0.4 is 0 Å². The van der Waals surface area contributed by atoms with E-state index in [1.807, 2.05) is 0 Å². The van der Waals surface area contributed by atoms with Crippen LogP contribution in [-0.2, 0) is 13.1 Å². The quantitative estimate of drug-likeness (QED) is 0.316. The van der Waals surface area contributed by atoms with E-state index >= 15 is 0 Å². The van der Waals surface area contributed by atoms with Gasteiger partial charge in [-0.05, 0) is 30.3 Å². The van der Waals surface area contributed by atoms with Crippen molar-refractivity contribution in [2.24, 2.45) is 0 Å². The Hall–Kier alpha value is -2.98. The van der Waals surface area contributed by atoms with E-state index in [4.69, 9.17) is 0 Å². The van der Waals surface area contributed by atoms with Crippen molar-refractivity contribution in [1.29, 1.82) is 0 Å². The Balaban J connectivity index is 1.50. The van der Waals surface area contributed by atoms with Crippen LogP contribution in [0.2, 0.25) is 0 Å². The molecule has 1 aliphatic heterocycles. The molecule has 3 heterocycles. The molecule has 10 heteroatoms. The Bertz CT molecular complexity index is 1360. The highest BCUT2D eigenvalue weighted by atomic mass is 79.9. The molecule has 0 fully saturated rings. The largest absolute Gasteiger partial charge is 0.406 e. The van der Waals surface area contributed by atoms with Gasteiger partial charge < -0.3 is 4.57 Å². The Morgan fingerprint density at radius 1 is 1.00 bits per heavy atom. The summed E-state index contributed by atoms with van der Waals surface area (Å²) >= 11 is 4.55. The summed E-state index contributed by atoms with van der Waals surface area (Å²) in [5.74, 6) is -0.786. The molecule has 32 heavy (non-hydrogen) atoms. The monoisotopic (exact) mass is 519 g/mol. The number of imide groups is 1. The van der Waals surface area contributed by atoms with Crippen molar-refractivity contribution in [2.45, 2.75) is 19.3 Å². The average Bonchev–Trinajstić information content (AvgIpc) is 3.41. The molecule has 2 aromatic heterocycles. The summed E-state index contributed by atoms with van der Waals surface area (Å²) in [6.45, 7) is -1.15. The van der Waals surface area contributed by atoms with Crippen LogP contribution in [0.15, 0.2) is 59.2 Å². The average molecular weight is 520 g/mol. The van der Waals surface area contributed by atoms with Gasteiger partial charge in [0.25, 0.3) is 11.8 Å². The first-order valence-corrected chi connectivity index (χ1v) is 11.1. The molecule has 5 rings (SSSR count). The first kappa shape index (κ1) is 20.9. The number of benzene rings is 2. The van der Waals surface area contributed by atoms with Crippen molar-refractivity contribution in [2.75, 3.05) is 0 Å². The predicted octanol–water partition coefficient (Wildman–Crippen LogP) is 5.89. The fraction of sp³-hybridized carbons (Fsp3) is 0.136. The van der Waals surface area contributed by atoms with Crippen LogP contribution in [0, 0.1) is 0 Å². The number of alkyl halides is 3. The standard InChI is InChI=1S/C22H13BrF3N3O2S/c23-16-6-3-7-17-15(16)8-18(29(17)11-22(24,25)26)19-27-9-12(32-19)10-28-20(30)13-4-1-2-5-14(13)21(28)31/h1-9H,10-11H2. The Labute approximate surface area is 192 Å². The lowest BCUT2D eigenvalue weighted by Gasteiger charge is -2.12. The number of hydrogen-bond acceptors (Lipinski definition) is 4. The Morgan fingerprint density at radius 2 is 1.69 bits per heavy atom. The number of hydrogen-bond donors (Lipinski definition) is 0. The van der Waals surface area contributed by atoms with Gasteiger partial charge >= 0.3 is 6.18 Å². The summed E-state index contributed by atoms with van der Waals surface area (Å²) in [6, 6.07) is 13.3. The molecule has 0 unspecified atom stereocenters. The number of halogens is 4. The van der Waals surface area contributed by atoms with Gasteiger partial charge in [-0.25, -0.2) is 4.98 Å². The van der Waals surface area contributed by atoms with Crippen molar-refractivity contribution in [1.82, 2.24) is 14.5 Å². The van der Waals surface area contributed by atoms with Gasteiger partial charge in [-0.1, -0.05) is 34.1 Å². The number of fused-ring (bicyclic) bond motifs is 2. The third kappa shape index (κ3) is 3.53. The highest BCUT2D eigenvalue weighted by molar-refractivity contribution is 9.10. The smallest absolute Gasteiger partial charge is 0.329 e. The molecule has 0 bridgehead atoms. The molecule has 5 nitrogen and oxygen atoms in total. The second-order valence-corrected chi connectivity index (χ2v) is 9.25. The van der Waals surface area contributed by atoms with E-state index in [1.165, 1.54) is 10.8 Å². The Morgan fingerprint density at radius 3 is 2.34 bits per heavy atom. The number of nitrogens with zero attached hydrogens (tertiary/aromatic N) is 3. The number of carbonyl (C=O) groups is 2. The first-order valence-electron chi connectivity index (χ1n) is 9.48. The van der Waals surface area contributed by atoms with Crippen LogP contribution in [0.3, 0.4) is 0 Å². The number of amides is 2.